The average molecular weight is 343 g/mol. The van der Waals surface area contributed by atoms with Crippen LogP contribution in [0.15, 0.2) is 65.6 Å². The smallest absolute Gasteiger partial charge is 0.312 e. The molecular formula is C18H21N3O2S. The van der Waals surface area contributed by atoms with Crippen molar-refractivity contribution in [1.82, 2.24) is 10.6 Å². The van der Waals surface area contributed by atoms with Gasteiger partial charge in [-0.2, -0.15) is 0 Å². The number of nitrogens with one attached hydrogen (secondary N) is 2. The van der Waals surface area contributed by atoms with E-state index in [-0.39, 0.29) is 5.91 Å². The maximum absolute atomic E-state index is 12.3. The van der Waals surface area contributed by atoms with Crippen molar-refractivity contribution < 1.29 is 9.59 Å². The van der Waals surface area contributed by atoms with Crippen molar-refractivity contribution in [1.29, 1.82) is 0 Å². The molecular weight excluding hydrogens is 322 g/mol. The minimum atomic E-state index is -0.704. The average Bonchev–Trinajstić information content (AvgIpc) is 2.59. The summed E-state index contributed by atoms with van der Waals surface area (Å²) in [6.45, 7) is 0.518. The molecule has 0 aliphatic carbocycles. The second-order valence-corrected chi connectivity index (χ2v) is 6.37. The standard InChI is InChI=1S/C18H21N3O2S/c19-18(23)21-16(13-14-7-3-1-4-8-14)17(22)20-11-12-24-15-9-5-2-6-10-15/h1-10,16H,11-13H2,(H,20,22)(H3,19,21,23). The first kappa shape index (κ1) is 17.9. The van der Waals surface area contributed by atoms with Gasteiger partial charge >= 0.3 is 6.03 Å². The number of benzene rings is 2. The lowest BCUT2D eigenvalue weighted by atomic mass is 10.1. The van der Waals surface area contributed by atoms with Crippen LogP contribution in [-0.4, -0.2) is 30.3 Å². The molecule has 6 heteroatoms. The first-order valence-corrected chi connectivity index (χ1v) is 8.69. The summed E-state index contributed by atoms with van der Waals surface area (Å²) in [5, 5.41) is 5.36. The number of hydrogen-bond acceptors (Lipinski definition) is 3. The van der Waals surface area contributed by atoms with E-state index in [9.17, 15) is 9.59 Å². The molecule has 0 fully saturated rings. The summed E-state index contributed by atoms with van der Waals surface area (Å²) >= 11 is 1.67. The SMILES string of the molecule is NC(=O)NC(Cc1ccccc1)C(=O)NCCSc1ccccc1. The number of carbonyl (C=O) groups is 2. The van der Waals surface area contributed by atoms with Gasteiger partial charge in [-0.3, -0.25) is 4.79 Å². The molecule has 0 aliphatic heterocycles. The van der Waals surface area contributed by atoms with Gasteiger partial charge < -0.3 is 16.4 Å². The van der Waals surface area contributed by atoms with Gasteiger partial charge in [-0.1, -0.05) is 48.5 Å². The molecule has 0 aromatic heterocycles. The first-order valence-electron chi connectivity index (χ1n) is 7.70. The van der Waals surface area contributed by atoms with Gasteiger partial charge in [-0.15, -0.1) is 11.8 Å². The fourth-order valence-electron chi connectivity index (χ4n) is 2.21. The van der Waals surface area contributed by atoms with E-state index in [1.54, 1.807) is 11.8 Å². The summed E-state index contributed by atoms with van der Waals surface area (Å²) in [5.41, 5.74) is 6.14. The summed E-state index contributed by atoms with van der Waals surface area (Å²) in [6, 6.07) is 18.1. The number of nitrogens with two attached hydrogens (primary N) is 1. The summed E-state index contributed by atoms with van der Waals surface area (Å²) < 4.78 is 0. The van der Waals surface area contributed by atoms with Crippen LogP contribution in [0.4, 0.5) is 4.79 Å². The predicted molar refractivity (Wildman–Crippen MR) is 96.8 cm³/mol. The summed E-state index contributed by atoms with van der Waals surface area (Å²) in [5.74, 6) is 0.524. The quantitative estimate of drug-likeness (QED) is 0.507. The van der Waals surface area contributed by atoms with E-state index < -0.39 is 12.1 Å². The van der Waals surface area contributed by atoms with Gasteiger partial charge in [0, 0.05) is 23.6 Å². The largest absolute Gasteiger partial charge is 0.353 e. The third-order valence-corrected chi connectivity index (χ3v) is 4.34. The molecule has 0 aliphatic rings. The van der Waals surface area contributed by atoms with E-state index >= 15 is 0 Å². The topological polar surface area (TPSA) is 84.2 Å². The van der Waals surface area contributed by atoms with Gasteiger partial charge in [0.25, 0.3) is 0 Å². The molecule has 1 unspecified atom stereocenters. The van der Waals surface area contributed by atoms with Gasteiger partial charge in [0.1, 0.15) is 6.04 Å². The van der Waals surface area contributed by atoms with Crippen molar-refractivity contribution in [2.24, 2.45) is 5.73 Å². The lowest BCUT2D eigenvalue weighted by Crippen LogP contribution is -2.50. The normalized spacial score (nSPS) is 11.5. The predicted octanol–water partition coefficient (Wildman–Crippen LogP) is 2.17. The molecule has 0 saturated carbocycles. The first-order chi connectivity index (χ1) is 11.6. The Bertz CT molecular complexity index is 650. The molecule has 0 saturated heterocycles. The Balaban J connectivity index is 1.82. The van der Waals surface area contributed by atoms with Gasteiger partial charge in [0.15, 0.2) is 0 Å². The van der Waals surface area contributed by atoms with E-state index in [0.717, 1.165) is 16.2 Å². The van der Waals surface area contributed by atoms with E-state index in [0.29, 0.717) is 13.0 Å². The third-order valence-electron chi connectivity index (χ3n) is 3.33. The van der Waals surface area contributed by atoms with Crippen LogP contribution in [0.1, 0.15) is 5.56 Å². The zero-order valence-electron chi connectivity index (χ0n) is 13.3. The fraction of sp³-hybridized carbons (Fsp3) is 0.222. The van der Waals surface area contributed by atoms with Crippen molar-refractivity contribution in [3.05, 3.63) is 66.2 Å². The monoisotopic (exact) mass is 343 g/mol. The molecule has 4 N–H and O–H groups in total. The number of amides is 3. The van der Waals surface area contributed by atoms with Crippen LogP contribution in [-0.2, 0) is 11.2 Å². The second-order valence-electron chi connectivity index (χ2n) is 5.20. The van der Waals surface area contributed by atoms with Crippen molar-refractivity contribution in [3.63, 3.8) is 0 Å². The summed E-state index contributed by atoms with van der Waals surface area (Å²) in [4.78, 5) is 24.6. The van der Waals surface area contributed by atoms with Crippen molar-refractivity contribution in [2.45, 2.75) is 17.4 Å². The number of primary amides is 1. The molecule has 5 nitrogen and oxygen atoms in total. The van der Waals surface area contributed by atoms with Crippen LogP contribution in [0.5, 0.6) is 0 Å². The highest BCUT2D eigenvalue weighted by Crippen LogP contribution is 2.15. The Kier molecular flexibility index (Phi) is 7.17. The Morgan fingerprint density at radius 3 is 2.25 bits per heavy atom. The van der Waals surface area contributed by atoms with Crippen LogP contribution < -0.4 is 16.4 Å². The maximum Gasteiger partial charge on any atom is 0.312 e. The van der Waals surface area contributed by atoms with E-state index in [4.69, 9.17) is 5.73 Å². The Morgan fingerprint density at radius 2 is 1.62 bits per heavy atom. The number of rotatable bonds is 8. The van der Waals surface area contributed by atoms with Crippen molar-refractivity contribution >= 4 is 23.7 Å². The second kappa shape index (κ2) is 9.62. The lowest BCUT2D eigenvalue weighted by Gasteiger charge is -2.17. The minimum absolute atomic E-state index is 0.230. The summed E-state index contributed by atoms with van der Waals surface area (Å²) in [6.07, 6.45) is 0.404. The van der Waals surface area contributed by atoms with E-state index in [2.05, 4.69) is 10.6 Å². The van der Waals surface area contributed by atoms with Crippen LogP contribution in [0, 0.1) is 0 Å². The van der Waals surface area contributed by atoms with Crippen LogP contribution in [0.2, 0.25) is 0 Å². The van der Waals surface area contributed by atoms with E-state index in [1.807, 2.05) is 60.7 Å². The molecule has 0 heterocycles. The van der Waals surface area contributed by atoms with Crippen molar-refractivity contribution in [3.8, 4) is 0 Å². The summed E-state index contributed by atoms with van der Waals surface area (Å²) in [7, 11) is 0. The molecule has 24 heavy (non-hydrogen) atoms. The molecule has 2 rings (SSSR count). The van der Waals surface area contributed by atoms with Crippen LogP contribution >= 0.6 is 11.8 Å². The zero-order chi connectivity index (χ0) is 17.2. The number of thioether (sulfide) groups is 1. The van der Waals surface area contributed by atoms with Crippen LogP contribution in [0.25, 0.3) is 0 Å². The molecule has 0 spiro atoms. The third kappa shape index (κ3) is 6.34. The molecule has 2 aromatic rings. The number of carbonyl (C=O) groups excluding carboxylic acids is 2. The van der Waals surface area contributed by atoms with Gasteiger partial charge in [-0.25, -0.2) is 4.79 Å². The number of urea groups is 1. The molecule has 1 atom stereocenters. The van der Waals surface area contributed by atoms with Gasteiger partial charge in [-0.05, 0) is 17.7 Å². The van der Waals surface area contributed by atoms with Crippen LogP contribution in [0.3, 0.4) is 0 Å². The van der Waals surface area contributed by atoms with Gasteiger partial charge in [0.05, 0.1) is 0 Å². The van der Waals surface area contributed by atoms with Gasteiger partial charge in [0.2, 0.25) is 5.91 Å². The highest BCUT2D eigenvalue weighted by atomic mass is 32.2. The highest BCUT2D eigenvalue weighted by Gasteiger charge is 2.19. The lowest BCUT2D eigenvalue weighted by molar-refractivity contribution is -0.122. The molecule has 3 amide bonds. The Hall–Kier alpha value is -2.47. The molecule has 126 valence electrons. The van der Waals surface area contributed by atoms with E-state index in [1.165, 1.54) is 0 Å². The van der Waals surface area contributed by atoms with Crippen molar-refractivity contribution in [2.75, 3.05) is 12.3 Å². The molecule has 0 bridgehead atoms. The zero-order valence-corrected chi connectivity index (χ0v) is 14.1. The fourth-order valence-corrected chi connectivity index (χ4v) is 3.00. The Morgan fingerprint density at radius 1 is 1.00 bits per heavy atom. The Labute approximate surface area is 146 Å². The molecule has 2 aromatic carbocycles. The minimum Gasteiger partial charge on any atom is -0.353 e. The highest BCUT2D eigenvalue weighted by molar-refractivity contribution is 7.99. The number of hydrogen-bond donors (Lipinski definition) is 3. The maximum atomic E-state index is 12.3. The molecule has 0 radical (unpaired) electrons.